The predicted molar refractivity (Wildman–Crippen MR) is 59.6 cm³/mol. The highest BCUT2D eigenvalue weighted by Crippen LogP contribution is 2.25. The van der Waals surface area contributed by atoms with Gasteiger partial charge in [-0.15, -0.1) is 0 Å². The molecule has 2 rings (SSSR count). The Balaban J connectivity index is 2.08. The van der Waals surface area contributed by atoms with Crippen molar-refractivity contribution in [3.8, 4) is 0 Å². The fraction of sp³-hybridized carbons (Fsp3) is 0.286. The summed E-state index contributed by atoms with van der Waals surface area (Å²) in [5.41, 5.74) is 8.93. The van der Waals surface area contributed by atoms with Gasteiger partial charge in [0.1, 0.15) is 12.0 Å². The summed E-state index contributed by atoms with van der Waals surface area (Å²) in [6.45, 7) is 1.71. The van der Waals surface area contributed by atoms with Crippen molar-refractivity contribution in [1.29, 1.82) is 0 Å². The second-order valence-corrected chi connectivity index (χ2v) is 3.94. The van der Waals surface area contributed by atoms with Crippen LogP contribution in [0.4, 0.5) is 4.79 Å². The first kappa shape index (κ1) is 12.7. The van der Waals surface area contributed by atoms with Gasteiger partial charge in [-0.3, -0.25) is 0 Å². The predicted octanol–water partition coefficient (Wildman–Crippen LogP) is -0.573. The minimum absolute atomic E-state index is 0.224. The molecule has 0 spiro atoms. The molecular weight excluding hydrogens is 265 g/mol. The molecule has 18 heavy (non-hydrogen) atoms. The maximum atomic E-state index is 11.0. The Morgan fingerprint density at radius 1 is 1.67 bits per heavy atom. The minimum Gasteiger partial charge on any atom is -0.361 e. The fourth-order valence-electron chi connectivity index (χ4n) is 1.35. The van der Waals surface area contributed by atoms with E-state index in [-0.39, 0.29) is 6.02 Å². The van der Waals surface area contributed by atoms with E-state index in [1.165, 1.54) is 10.9 Å². The van der Waals surface area contributed by atoms with Crippen molar-refractivity contribution < 1.29 is 23.8 Å². The standard InChI is InChI=1S/C7H10N5O5P/c1-3-9-2-4-5(8)10-6(11-12(3)4)16-7(13)17-18(14)15/h2,5,14-15H,8H2,1H3,(H,10,11). The molecule has 0 fully saturated rings. The smallest absolute Gasteiger partial charge is 0.361 e. The molecule has 1 aromatic heterocycles. The van der Waals surface area contributed by atoms with Gasteiger partial charge in [-0.1, -0.05) is 0 Å². The number of rotatable bonds is 1. The van der Waals surface area contributed by atoms with Crippen molar-refractivity contribution in [2.75, 3.05) is 5.43 Å². The van der Waals surface area contributed by atoms with Crippen LogP contribution in [0.1, 0.15) is 17.7 Å². The van der Waals surface area contributed by atoms with Crippen LogP contribution in [-0.4, -0.2) is 31.6 Å². The molecule has 0 aromatic carbocycles. The van der Waals surface area contributed by atoms with Crippen LogP contribution in [0.2, 0.25) is 0 Å². The molecule has 0 saturated carbocycles. The number of nitrogens with two attached hydrogens (primary N) is 1. The molecule has 1 aliphatic rings. The third-order valence-corrected chi connectivity index (χ3v) is 2.38. The van der Waals surface area contributed by atoms with Gasteiger partial charge in [0.15, 0.2) is 0 Å². The van der Waals surface area contributed by atoms with Crippen LogP contribution in [0.5, 0.6) is 0 Å². The van der Waals surface area contributed by atoms with Gasteiger partial charge < -0.3 is 24.8 Å². The molecule has 1 atom stereocenters. The number of aryl methyl sites for hydroxylation is 1. The fourth-order valence-corrected chi connectivity index (χ4v) is 1.52. The first-order chi connectivity index (χ1) is 8.47. The Morgan fingerprint density at radius 2 is 2.39 bits per heavy atom. The first-order valence-corrected chi connectivity index (χ1v) is 5.86. The van der Waals surface area contributed by atoms with E-state index < -0.39 is 20.9 Å². The zero-order valence-corrected chi connectivity index (χ0v) is 10.0. The van der Waals surface area contributed by atoms with Crippen LogP contribution in [0, 0.1) is 6.92 Å². The minimum atomic E-state index is -2.84. The molecule has 0 radical (unpaired) electrons. The molecule has 0 amide bonds. The number of hydrogen-bond acceptors (Lipinski definition) is 9. The van der Waals surface area contributed by atoms with Gasteiger partial charge in [-0.2, -0.15) is 0 Å². The van der Waals surface area contributed by atoms with Crippen LogP contribution in [0.15, 0.2) is 11.2 Å². The lowest BCUT2D eigenvalue weighted by atomic mass is 10.4. The number of nitrogens with zero attached hydrogens (tertiary/aromatic N) is 3. The number of ether oxygens (including phenoxy) is 1. The summed E-state index contributed by atoms with van der Waals surface area (Å²) in [6.07, 6.45) is -0.516. The molecule has 1 unspecified atom stereocenters. The molecule has 1 aliphatic heterocycles. The molecule has 0 saturated heterocycles. The summed E-state index contributed by atoms with van der Waals surface area (Å²) in [5.74, 6) is 0.594. The van der Waals surface area contributed by atoms with Gasteiger partial charge >= 0.3 is 20.8 Å². The van der Waals surface area contributed by atoms with E-state index in [1.807, 2.05) is 0 Å². The third kappa shape index (κ3) is 2.57. The molecule has 10 nitrogen and oxygen atoms in total. The zero-order valence-electron chi connectivity index (χ0n) is 9.14. The maximum Gasteiger partial charge on any atom is 0.522 e. The average Bonchev–Trinajstić information content (AvgIpc) is 2.59. The molecular formula is C7H10N5O5P. The second-order valence-electron chi connectivity index (χ2n) is 3.25. The van der Waals surface area contributed by atoms with Gasteiger partial charge in [-0.05, 0) is 6.92 Å². The largest absolute Gasteiger partial charge is 0.522 e. The number of nitrogens with one attached hydrogen (secondary N) is 1. The van der Waals surface area contributed by atoms with Crippen molar-refractivity contribution in [1.82, 2.24) is 9.66 Å². The van der Waals surface area contributed by atoms with Crippen LogP contribution < -0.4 is 11.2 Å². The Labute approximate surface area is 102 Å². The SMILES string of the molecule is Cc1ncc2n1NC(OC(=O)OP(O)O)=NC2N. The van der Waals surface area contributed by atoms with E-state index in [4.69, 9.17) is 15.5 Å². The summed E-state index contributed by atoms with van der Waals surface area (Å²) in [6, 6.07) is -0.224. The number of carbonyl (C=O) groups is 1. The van der Waals surface area contributed by atoms with Crippen LogP contribution in [-0.2, 0) is 9.26 Å². The number of aliphatic imine (C=N–C) groups is 1. The first-order valence-electron chi connectivity index (χ1n) is 4.69. The van der Waals surface area contributed by atoms with Crippen molar-refractivity contribution in [2.45, 2.75) is 13.1 Å². The van der Waals surface area contributed by atoms with Gasteiger partial charge in [0.25, 0.3) is 0 Å². The third-order valence-electron chi connectivity index (χ3n) is 2.07. The van der Waals surface area contributed by atoms with Gasteiger partial charge in [0.05, 0.1) is 11.9 Å². The zero-order chi connectivity index (χ0) is 13.3. The van der Waals surface area contributed by atoms with E-state index in [9.17, 15) is 4.79 Å². The highest BCUT2D eigenvalue weighted by Gasteiger charge is 2.24. The number of aromatic nitrogens is 2. The van der Waals surface area contributed by atoms with Crippen molar-refractivity contribution in [3.63, 3.8) is 0 Å². The molecule has 0 bridgehead atoms. The lowest BCUT2D eigenvalue weighted by molar-refractivity contribution is 0.140. The van der Waals surface area contributed by atoms with Crippen molar-refractivity contribution in [3.05, 3.63) is 17.7 Å². The number of carbonyl (C=O) groups excluding carboxylic acids is 1. The van der Waals surface area contributed by atoms with Crippen molar-refractivity contribution in [2.24, 2.45) is 10.7 Å². The molecule has 0 aliphatic carbocycles. The number of imidazole rings is 1. The molecule has 98 valence electrons. The highest BCUT2D eigenvalue weighted by molar-refractivity contribution is 7.40. The molecule has 1 aromatic rings. The van der Waals surface area contributed by atoms with E-state index >= 15 is 0 Å². The topological polar surface area (TPSA) is 144 Å². The van der Waals surface area contributed by atoms with Crippen LogP contribution in [0.3, 0.4) is 0 Å². The molecule has 11 heteroatoms. The molecule has 2 heterocycles. The lowest BCUT2D eigenvalue weighted by Gasteiger charge is -2.21. The summed E-state index contributed by atoms with van der Waals surface area (Å²) >= 11 is 0. The average molecular weight is 275 g/mol. The Bertz CT molecular complexity index is 500. The number of amidine groups is 1. The Morgan fingerprint density at radius 3 is 3.06 bits per heavy atom. The van der Waals surface area contributed by atoms with Crippen LogP contribution >= 0.6 is 8.60 Å². The number of fused-ring (bicyclic) bond motifs is 1. The quantitative estimate of drug-likeness (QED) is 0.394. The summed E-state index contributed by atoms with van der Waals surface area (Å²) < 4.78 is 10.1. The van der Waals surface area contributed by atoms with E-state index in [0.29, 0.717) is 11.5 Å². The highest BCUT2D eigenvalue weighted by atomic mass is 31.2. The molecule has 5 N–H and O–H groups in total. The maximum absolute atomic E-state index is 11.0. The van der Waals surface area contributed by atoms with Gasteiger partial charge in [0, 0.05) is 0 Å². The lowest BCUT2D eigenvalue weighted by Crippen LogP contribution is -2.36. The summed E-state index contributed by atoms with van der Waals surface area (Å²) in [5, 5.41) is 0. The van der Waals surface area contributed by atoms with E-state index in [1.54, 1.807) is 6.92 Å². The van der Waals surface area contributed by atoms with Crippen molar-refractivity contribution >= 4 is 20.8 Å². The summed E-state index contributed by atoms with van der Waals surface area (Å²) in [4.78, 5) is 35.8. The second kappa shape index (κ2) is 4.86. The normalized spacial score (nSPS) is 17.8. The number of hydrogen-bond donors (Lipinski definition) is 4. The van der Waals surface area contributed by atoms with Gasteiger partial charge in [0.2, 0.25) is 0 Å². The van der Waals surface area contributed by atoms with Gasteiger partial charge in [-0.25, -0.2) is 24.9 Å². The monoisotopic (exact) mass is 275 g/mol. The van der Waals surface area contributed by atoms with Crippen LogP contribution in [0.25, 0.3) is 0 Å². The Kier molecular flexibility index (Phi) is 3.43. The summed E-state index contributed by atoms with van der Waals surface area (Å²) in [7, 11) is -2.84. The van der Waals surface area contributed by atoms with E-state index in [0.717, 1.165) is 0 Å². The Hall–Kier alpha value is -1.74. The van der Waals surface area contributed by atoms with E-state index in [2.05, 4.69) is 24.7 Å².